The highest BCUT2D eigenvalue weighted by molar-refractivity contribution is 14.1. The molecule has 5 rings (SSSR count). The molecule has 0 spiro atoms. The highest BCUT2D eigenvalue weighted by Crippen LogP contribution is 2.46. The summed E-state index contributed by atoms with van der Waals surface area (Å²) in [6.07, 6.45) is 0.868. The number of hydrogen-bond donors (Lipinski definition) is 0. The molecule has 0 aliphatic carbocycles. The summed E-state index contributed by atoms with van der Waals surface area (Å²) in [5, 5.41) is 53.4. The first-order chi connectivity index (χ1) is 33.5. The van der Waals surface area contributed by atoms with Gasteiger partial charge in [-0.3, -0.25) is 50.6 Å². The van der Waals surface area contributed by atoms with Crippen LogP contribution < -0.4 is 37.9 Å². The maximum absolute atomic E-state index is 10.8. The van der Waals surface area contributed by atoms with Crippen LogP contribution in [0.5, 0.6) is 46.0 Å². The van der Waals surface area contributed by atoms with Crippen LogP contribution >= 0.6 is 112 Å². The van der Waals surface area contributed by atoms with Crippen molar-refractivity contribution in [3.63, 3.8) is 0 Å². The number of non-ortho nitro benzene ring substituents is 2. The van der Waals surface area contributed by atoms with E-state index in [9.17, 15) is 50.6 Å². The number of nitro groups is 5. The van der Waals surface area contributed by atoms with E-state index in [-0.39, 0.29) is 60.8 Å². The van der Waals surface area contributed by atoms with Crippen LogP contribution in [-0.4, -0.2) is 80.5 Å². The molecule has 23 nitrogen and oxygen atoms in total. The van der Waals surface area contributed by atoms with E-state index < -0.39 is 24.6 Å². The number of nitro benzene ring substituents is 5. The molecule has 0 bridgehead atoms. The van der Waals surface area contributed by atoms with E-state index in [1.807, 2.05) is 59.0 Å². The Bertz CT molecular complexity index is 2620. The fourth-order valence-electron chi connectivity index (χ4n) is 5.01. The number of halogens is 7. The molecule has 0 amide bonds. The van der Waals surface area contributed by atoms with Gasteiger partial charge in [-0.05, 0) is 109 Å². The quantitative estimate of drug-likeness (QED) is 0.0504. The van der Waals surface area contributed by atoms with Gasteiger partial charge in [0.2, 0.25) is 17.2 Å². The zero-order valence-corrected chi connectivity index (χ0v) is 47.9. The molecule has 0 saturated carbocycles. The van der Waals surface area contributed by atoms with Gasteiger partial charge in [-0.25, -0.2) is 0 Å². The molecule has 0 unspecified atom stereocenters. The molecule has 0 saturated heterocycles. The Kier molecular flexibility index (Phi) is 28.7. The van der Waals surface area contributed by atoms with Crippen molar-refractivity contribution in [3.05, 3.63) is 142 Å². The fourth-order valence-corrected chi connectivity index (χ4v) is 9.67. The molecular formula is C41H40Br2Cl3I2N5O18. The molecule has 0 N–H and O–H groups in total. The van der Waals surface area contributed by atoms with E-state index in [0.717, 1.165) is 6.42 Å². The minimum atomic E-state index is -0.565. The topological polar surface area (TPSA) is 290 Å². The summed E-state index contributed by atoms with van der Waals surface area (Å²) >= 11 is 27.6. The predicted octanol–water partition coefficient (Wildman–Crippen LogP) is 13.9. The molecule has 5 aromatic rings. The molecule has 71 heavy (non-hydrogen) atoms. The molecule has 386 valence electrons. The summed E-state index contributed by atoms with van der Waals surface area (Å²) in [4.78, 5) is 50.2. The second-order valence-electron chi connectivity index (χ2n) is 12.4. The molecule has 0 aliphatic heterocycles. The Balaban J connectivity index is 0.000000444. The van der Waals surface area contributed by atoms with Crippen LogP contribution in [0.15, 0.2) is 69.6 Å². The summed E-state index contributed by atoms with van der Waals surface area (Å²) < 4.78 is 42.4. The van der Waals surface area contributed by atoms with E-state index in [0.29, 0.717) is 58.0 Å². The third-order valence-electron chi connectivity index (χ3n) is 8.11. The Morgan fingerprint density at radius 1 is 0.507 bits per heavy atom. The maximum atomic E-state index is 10.8. The van der Waals surface area contributed by atoms with Gasteiger partial charge in [0.1, 0.15) is 36.1 Å². The van der Waals surface area contributed by atoms with E-state index in [2.05, 4.69) is 31.9 Å². The Morgan fingerprint density at radius 3 is 1.32 bits per heavy atom. The first-order valence-corrected chi connectivity index (χ1v) is 24.0. The van der Waals surface area contributed by atoms with Crippen LogP contribution in [0.1, 0.15) is 20.3 Å². The molecule has 0 fully saturated rings. The van der Waals surface area contributed by atoms with Gasteiger partial charge < -0.3 is 37.9 Å². The van der Waals surface area contributed by atoms with Crippen LogP contribution in [0.2, 0.25) is 15.1 Å². The van der Waals surface area contributed by atoms with Crippen LogP contribution in [0.4, 0.5) is 28.4 Å². The molecular weight excluding hydrogens is 1370 g/mol. The van der Waals surface area contributed by atoms with E-state index in [4.69, 9.17) is 72.7 Å². The molecule has 5 aromatic carbocycles. The summed E-state index contributed by atoms with van der Waals surface area (Å²) in [5.41, 5.74) is -0.422. The van der Waals surface area contributed by atoms with Crippen molar-refractivity contribution in [3.8, 4) is 46.0 Å². The van der Waals surface area contributed by atoms with Crippen LogP contribution in [0.3, 0.4) is 0 Å². The number of ether oxygens (including phenoxy) is 8. The molecule has 0 atom stereocenters. The van der Waals surface area contributed by atoms with Gasteiger partial charge in [0.15, 0.2) is 5.75 Å². The van der Waals surface area contributed by atoms with Crippen LogP contribution in [0.25, 0.3) is 0 Å². The number of nitrogens with zero attached hydrogens (tertiary/aromatic N) is 5. The van der Waals surface area contributed by atoms with Gasteiger partial charge in [-0.2, -0.15) is 0 Å². The lowest BCUT2D eigenvalue weighted by molar-refractivity contribution is -0.386. The third-order valence-corrected chi connectivity index (χ3v) is 12.1. The normalized spacial score (nSPS) is 9.79. The monoisotopic (exact) mass is 1410 g/mol. The summed E-state index contributed by atoms with van der Waals surface area (Å²) in [6, 6.07) is 13.8. The first-order valence-electron chi connectivity index (χ1n) is 19.1. The summed E-state index contributed by atoms with van der Waals surface area (Å²) in [7, 11) is 8.48. The van der Waals surface area contributed by atoms with Crippen molar-refractivity contribution in [1.82, 2.24) is 0 Å². The maximum Gasteiger partial charge on any atom is 0.313 e. The van der Waals surface area contributed by atoms with Crippen molar-refractivity contribution in [2.75, 3.05) is 55.9 Å². The third kappa shape index (κ3) is 18.7. The molecule has 0 aromatic heterocycles. The summed E-state index contributed by atoms with van der Waals surface area (Å²) in [5.74, 6) is 2.73. The van der Waals surface area contributed by atoms with Gasteiger partial charge in [0.05, 0.1) is 98.6 Å². The predicted molar refractivity (Wildman–Crippen MR) is 288 cm³/mol. The lowest BCUT2D eigenvalue weighted by atomic mass is 10.3. The highest BCUT2D eigenvalue weighted by atomic mass is 127. The second-order valence-corrected chi connectivity index (χ2v) is 17.5. The number of hydrogen-bond acceptors (Lipinski definition) is 18. The highest BCUT2D eigenvalue weighted by Gasteiger charge is 2.26. The Hall–Kier alpha value is -5.21. The van der Waals surface area contributed by atoms with Crippen molar-refractivity contribution in [2.45, 2.75) is 20.3 Å². The molecule has 30 heteroatoms. The van der Waals surface area contributed by atoms with Gasteiger partial charge in [0.25, 0.3) is 11.4 Å². The largest absolute Gasteiger partial charge is 0.495 e. The smallest absolute Gasteiger partial charge is 0.313 e. The minimum absolute atomic E-state index is 0.0102. The lowest BCUT2D eigenvalue weighted by Crippen LogP contribution is -2.00. The Morgan fingerprint density at radius 2 is 0.944 bits per heavy atom. The van der Waals surface area contributed by atoms with Crippen LogP contribution in [-0.2, 0) is 0 Å². The SMILES string of the molecule is CCCOc1ccc([N+](=O)[O-])cc1Cl.CCOc1ccc([N+](=O)[O-])cc1Cl.COc1c(Br)cc([N+](=O)[O-])c(OC)c1Br.COc1c(I)cc([N+](=O)[O-])c(OC)c1I.COc1ccc([N+](=O)[O-])c(OC)c1Cl. The van der Waals surface area contributed by atoms with Crippen molar-refractivity contribution in [2.24, 2.45) is 0 Å². The van der Waals surface area contributed by atoms with Gasteiger partial charge in [-0.15, -0.1) is 0 Å². The van der Waals surface area contributed by atoms with Gasteiger partial charge in [-0.1, -0.05) is 41.7 Å². The number of benzene rings is 5. The van der Waals surface area contributed by atoms with Crippen molar-refractivity contribution in [1.29, 1.82) is 0 Å². The molecule has 0 aliphatic rings. The molecule has 0 heterocycles. The molecule has 0 radical (unpaired) electrons. The lowest BCUT2D eigenvalue weighted by Gasteiger charge is -2.10. The first kappa shape index (κ1) is 63.8. The fraction of sp³-hybridized carbons (Fsp3) is 0.268. The number of rotatable bonds is 16. The van der Waals surface area contributed by atoms with Crippen molar-refractivity contribution < 1.29 is 62.5 Å². The minimum Gasteiger partial charge on any atom is -0.495 e. The van der Waals surface area contributed by atoms with E-state index in [1.165, 1.54) is 103 Å². The standard InChI is InChI=1S/C9H10ClNO3.C8H7Br2NO4.C8H8ClNO4.C8H8ClNO3.C8H7I2NO4/c1-2-5-14-9-4-3-7(11(12)13)6-8(9)10;1-14-7-4(9)3-5(11(12)13)8(15-2)6(7)10;1-13-6-4-3-5(10(11)12)8(14-2)7(6)9;1-2-13-8-4-3-6(10(11)12)5-7(8)9;1-14-7-4(9)3-5(11(12)13)8(15-2)6(7)10/h3-4,6H,2,5H2,1H3;3H,1-2H3;3-4H,1-2H3;3-5H,2H2,1H3;3H,1-2H3. The average molecular weight is 1410 g/mol. The zero-order chi connectivity index (χ0) is 54.3. The Labute approximate surface area is 463 Å². The zero-order valence-electron chi connectivity index (χ0n) is 38.1. The number of methoxy groups -OCH3 is 6. The van der Waals surface area contributed by atoms with Crippen molar-refractivity contribution >= 4 is 140 Å². The van der Waals surface area contributed by atoms with Crippen LogP contribution in [0, 0.1) is 57.7 Å². The van der Waals surface area contributed by atoms with Gasteiger partial charge >= 0.3 is 17.1 Å². The van der Waals surface area contributed by atoms with E-state index in [1.54, 1.807) is 0 Å². The van der Waals surface area contributed by atoms with Gasteiger partial charge in [0, 0.05) is 42.5 Å². The second kappa shape index (κ2) is 32.0. The van der Waals surface area contributed by atoms with E-state index >= 15 is 0 Å². The average Bonchev–Trinajstić information content (AvgIpc) is 3.32. The summed E-state index contributed by atoms with van der Waals surface area (Å²) in [6.45, 7) is 4.83.